The lowest BCUT2D eigenvalue weighted by atomic mass is 9.93. The minimum atomic E-state index is -0.128. The predicted molar refractivity (Wildman–Crippen MR) is 68.3 cm³/mol. The van der Waals surface area contributed by atoms with Crippen LogP contribution in [0, 0.1) is 0 Å². The minimum Gasteiger partial charge on any atom is -0.393 e. The summed E-state index contributed by atoms with van der Waals surface area (Å²) in [6, 6.07) is 8.03. The van der Waals surface area contributed by atoms with Gasteiger partial charge in [0.1, 0.15) is 0 Å². The third-order valence-electron chi connectivity index (χ3n) is 3.34. The first-order chi connectivity index (χ1) is 8.15. The van der Waals surface area contributed by atoms with Gasteiger partial charge in [-0.2, -0.15) is 0 Å². The molecule has 0 aromatic heterocycles. The van der Waals surface area contributed by atoms with Gasteiger partial charge in [0, 0.05) is 17.3 Å². The average molecular weight is 233 g/mol. The summed E-state index contributed by atoms with van der Waals surface area (Å²) >= 11 is 0. The fourth-order valence-corrected chi connectivity index (χ4v) is 2.28. The van der Waals surface area contributed by atoms with Crippen LogP contribution in [-0.4, -0.2) is 23.0 Å². The molecule has 1 aromatic rings. The molecule has 0 amide bonds. The molecule has 0 radical (unpaired) electrons. The number of hydrogen-bond acceptors (Lipinski definition) is 3. The number of aliphatic hydroxyl groups is 1. The van der Waals surface area contributed by atoms with Crippen molar-refractivity contribution in [2.24, 2.45) is 0 Å². The first-order valence-corrected chi connectivity index (χ1v) is 6.21. The Labute approximate surface area is 102 Å². The topological polar surface area (TPSA) is 49.3 Å². The van der Waals surface area contributed by atoms with Gasteiger partial charge in [0.15, 0.2) is 5.78 Å². The van der Waals surface area contributed by atoms with E-state index in [0.717, 1.165) is 36.9 Å². The number of anilines is 1. The van der Waals surface area contributed by atoms with Crippen LogP contribution in [0.3, 0.4) is 0 Å². The van der Waals surface area contributed by atoms with Crippen molar-refractivity contribution < 1.29 is 9.90 Å². The van der Waals surface area contributed by atoms with Crippen molar-refractivity contribution >= 4 is 11.5 Å². The molecule has 0 atom stereocenters. The fourth-order valence-electron chi connectivity index (χ4n) is 2.28. The summed E-state index contributed by atoms with van der Waals surface area (Å²) in [5.74, 6) is 0.0905. The van der Waals surface area contributed by atoms with E-state index in [2.05, 4.69) is 5.32 Å². The van der Waals surface area contributed by atoms with Crippen molar-refractivity contribution in [3.8, 4) is 0 Å². The third kappa shape index (κ3) is 3.30. The molecule has 2 rings (SSSR count). The summed E-state index contributed by atoms with van der Waals surface area (Å²) in [6.07, 6.45) is 3.59. The third-order valence-corrected chi connectivity index (χ3v) is 3.34. The number of aliphatic hydroxyl groups excluding tert-OH is 1. The van der Waals surface area contributed by atoms with Gasteiger partial charge in [-0.3, -0.25) is 4.79 Å². The maximum Gasteiger partial charge on any atom is 0.159 e. The lowest BCUT2D eigenvalue weighted by Gasteiger charge is -2.27. The second-order valence-electron chi connectivity index (χ2n) is 4.79. The van der Waals surface area contributed by atoms with Crippen molar-refractivity contribution in [2.75, 3.05) is 5.32 Å². The van der Waals surface area contributed by atoms with Crippen LogP contribution in [0.2, 0.25) is 0 Å². The summed E-state index contributed by atoms with van der Waals surface area (Å²) < 4.78 is 0. The highest BCUT2D eigenvalue weighted by atomic mass is 16.3. The number of hydrogen-bond donors (Lipinski definition) is 2. The lowest BCUT2D eigenvalue weighted by molar-refractivity contribution is 0.101. The molecule has 0 unspecified atom stereocenters. The largest absolute Gasteiger partial charge is 0.393 e. The second kappa shape index (κ2) is 5.32. The zero-order chi connectivity index (χ0) is 12.3. The highest BCUT2D eigenvalue weighted by Gasteiger charge is 2.19. The molecule has 1 aliphatic rings. The van der Waals surface area contributed by atoms with Gasteiger partial charge < -0.3 is 10.4 Å². The molecule has 92 valence electrons. The van der Waals surface area contributed by atoms with E-state index in [4.69, 9.17) is 0 Å². The van der Waals surface area contributed by atoms with Crippen molar-refractivity contribution in [2.45, 2.75) is 44.8 Å². The van der Waals surface area contributed by atoms with Gasteiger partial charge in [-0.1, -0.05) is 12.1 Å². The molecule has 0 aliphatic heterocycles. The highest BCUT2D eigenvalue weighted by Crippen LogP contribution is 2.22. The number of carbonyl (C=O) groups is 1. The maximum absolute atomic E-state index is 11.3. The molecular weight excluding hydrogens is 214 g/mol. The van der Waals surface area contributed by atoms with Crippen LogP contribution < -0.4 is 5.32 Å². The molecule has 17 heavy (non-hydrogen) atoms. The van der Waals surface area contributed by atoms with E-state index in [1.165, 1.54) is 0 Å². The lowest BCUT2D eigenvalue weighted by Crippen LogP contribution is -2.28. The fraction of sp³-hybridized carbons (Fsp3) is 0.500. The Bertz CT molecular complexity index is 395. The molecule has 1 saturated carbocycles. The van der Waals surface area contributed by atoms with Crippen LogP contribution in [0.25, 0.3) is 0 Å². The van der Waals surface area contributed by atoms with E-state index in [-0.39, 0.29) is 11.9 Å². The summed E-state index contributed by atoms with van der Waals surface area (Å²) in [4.78, 5) is 11.3. The van der Waals surface area contributed by atoms with Gasteiger partial charge in [-0.25, -0.2) is 0 Å². The van der Waals surface area contributed by atoms with E-state index in [0.29, 0.717) is 6.04 Å². The minimum absolute atomic E-state index is 0.0905. The Balaban J connectivity index is 1.98. The molecule has 0 saturated heterocycles. The Morgan fingerprint density at radius 3 is 2.65 bits per heavy atom. The molecule has 1 fully saturated rings. The molecule has 1 aromatic carbocycles. The van der Waals surface area contributed by atoms with Crippen molar-refractivity contribution in [3.05, 3.63) is 29.8 Å². The number of rotatable bonds is 3. The van der Waals surface area contributed by atoms with Crippen LogP contribution >= 0.6 is 0 Å². The van der Waals surface area contributed by atoms with Gasteiger partial charge in [-0.15, -0.1) is 0 Å². The Kier molecular flexibility index (Phi) is 3.79. The molecule has 0 heterocycles. The molecule has 3 heteroatoms. The molecule has 2 N–H and O–H groups in total. The molecule has 0 spiro atoms. The van der Waals surface area contributed by atoms with Gasteiger partial charge in [-0.05, 0) is 44.7 Å². The molecule has 1 aliphatic carbocycles. The normalized spacial score (nSPS) is 24.4. The van der Waals surface area contributed by atoms with Crippen molar-refractivity contribution in [1.29, 1.82) is 0 Å². The van der Waals surface area contributed by atoms with Gasteiger partial charge in [0.2, 0.25) is 0 Å². The zero-order valence-corrected chi connectivity index (χ0v) is 10.1. The van der Waals surface area contributed by atoms with Crippen LogP contribution in [0.4, 0.5) is 5.69 Å². The summed E-state index contributed by atoms with van der Waals surface area (Å²) in [6.45, 7) is 1.58. The summed E-state index contributed by atoms with van der Waals surface area (Å²) in [7, 11) is 0. The number of nitrogens with one attached hydrogen (secondary N) is 1. The van der Waals surface area contributed by atoms with E-state index in [1.54, 1.807) is 6.92 Å². The molecular formula is C14H19NO2. The van der Waals surface area contributed by atoms with Crippen molar-refractivity contribution in [1.82, 2.24) is 0 Å². The predicted octanol–water partition coefficient (Wildman–Crippen LogP) is 2.60. The maximum atomic E-state index is 11.3. The van der Waals surface area contributed by atoms with Crippen LogP contribution in [0.1, 0.15) is 43.0 Å². The van der Waals surface area contributed by atoms with Crippen LogP contribution in [0.5, 0.6) is 0 Å². The number of benzene rings is 1. The van der Waals surface area contributed by atoms with E-state index in [9.17, 15) is 9.90 Å². The van der Waals surface area contributed by atoms with Crippen molar-refractivity contribution in [3.63, 3.8) is 0 Å². The van der Waals surface area contributed by atoms with E-state index in [1.807, 2.05) is 24.3 Å². The Morgan fingerprint density at radius 1 is 1.29 bits per heavy atom. The smallest absolute Gasteiger partial charge is 0.159 e. The van der Waals surface area contributed by atoms with Gasteiger partial charge in [0.05, 0.1) is 6.10 Å². The molecule has 0 bridgehead atoms. The first kappa shape index (κ1) is 12.1. The van der Waals surface area contributed by atoms with Crippen LogP contribution in [-0.2, 0) is 0 Å². The van der Waals surface area contributed by atoms with Gasteiger partial charge >= 0.3 is 0 Å². The summed E-state index contributed by atoms with van der Waals surface area (Å²) in [5.41, 5.74) is 1.74. The second-order valence-corrected chi connectivity index (χ2v) is 4.79. The van der Waals surface area contributed by atoms with Gasteiger partial charge in [0.25, 0.3) is 0 Å². The Hall–Kier alpha value is -1.35. The standard InChI is InChI=1S/C14H19NO2/c1-10(16)11-3-2-4-13(9-11)15-12-5-7-14(17)8-6-12/h2-4,9,12,14-15,17H,5-8H2,1H3. The summed E-state index contributed by atoms with van der Waals surface area (Å²) in [5, 5.41) is 12.9. The molecule has 3 nitrogen and oxygen atoms in total. The van der Waals surface area contributed by atoms with E-state index >= 15 is 0 Å². The zero-order valence-electron chi connectivity index (χ0n) is 10.1. The number of carbonyl (C=O) groups excluding carboxylic acids is 1. The average Bonchev–Trinajstić information content (AvgIpc) is 2.32. The highest BCUT2D eigenvalue weighted by molar-refractivity contribution is 5.94. The number of ketones is 1. The van der Waals surface area contributed by atoms with E-state index < -0.39 is 0 Å². The first-order valence-electron chi connectivity index (χ1n) is 6.21. The monoisotopic (exact) mass is 233 g/mol. The SMILES string of the molecule is CC(=O)c1cccc(NC2CCC(O)CC2)c1. The number of Topliss-reactive ketones (excluding diaryl/α,β-unsaturated/α-hetero) is 1. The Morgan fingerprint density at radius 2 is 2.00 bits per heavy atom. The quantitative estimate of drug-likeness (QED) is 0.789. The van der Waals surface area contributed by atoms with Crippen LogP contribution in [0.15, 0.2) is 24.3 Å².